The molecule has 0 fully saturated rings. The van der Waals surface area contributed by atoms with Gasteiger partial charge in [0.2, 0.25) is 11.8 Å². The summed E-state index contributed by atoms with van der Waals surface area (Å²) in [4.78, 5) is 24.5. The highest BCUT2D eigenvalue weighted by atomic mass is 35.5. The first-order valence-electron chi connectivity index (χ1n) is 6.72. The Morgan fingerprint density at radius 2 is 1.78 bits per heavy atom. The van der Waals surface area contributed by atoms with Crippen LogP contribution in [0.5, 0.6) is 0 Å². The van der Waals surface area contributed by atoms with Gasteiger partial charge in [-0.15, -0.1) is 11.3 Å². The van der Waals surface area contributed by atoms with Crippen molar-refractivity contribution in [1.82, 2.24) is 5.32 Å². The summed E-state index contributed by atoms with van der Waals surface area (Å²) in [5.41, 5.74) is 0.568. The molecule has 1 aromatic carbocycles. The van der Waals surface area contributed by atoms with Crippen LogP contribution in [0.2, 0.25) is 5.02 Å². The van der Waals surface area contributed by atoms with Crippen molar-refractivity contribution in [3.05, 3.63) is 51.7 Å². The van der Waals surface area contributed by atoms with Crippen molar-refractivity contribution >= 4 is 51.2 Å². The summed E-state index contributed by atoms with van der Waals surface area (Å²) in [5, 5.41) is 7.77. The van der Waals surface area contributed by atoms with Crippen LogP contribution in [0.1, 0.15) is 4.88 Å². The molecule has 0 saturated carbocycles. The molecule has 0 radical (unpaired) electrons. The molecule has 0 saturated heterocycles. The van der Waals surface area contributed by atoms with Crippen LogP contribution in [-0.2, 0) is 26.9 Å². The summed E-state index contributed by atoms with van der Waals surface area (Å²) >= 11 is 7.28. The summed E-state index contributed by atoms with van der Waals surface area (Å²) in [6.07, 6.45) is 0. The van der Waals surface area contributed by atoms with Gasteiger partial charge in [-0.3, -0.25) is 13.8 Å². The van der Waals surface area contributed by atoms with Crippen LogP contribution in [0.3, 0.4) is 0 Å². The average molecular weight is 371 g/mol. The molecule has 0 spiro atoms. The van der Waals surface area contributed by atoms with Gasteiger partial charge in [-0.1, -0.05) is 17.7 Å². The highest BCUT2D eigenvalue weighted by molar-refractivity contribution is 7.86. The zero-order chi connectivity index (χ0) is 16.7. The van der Waals surface area contributed by atoms with E-state index >= 15 is 0 Å². The predicted molar refractivity (Wildman–Crippen MR) is 94.1 cm³/mol. The molecule has 1 aromatic heterocycles. The van der Waals surface area contributed by atoms with E-state index in [9.17, 15) is 13.8 Å². The normalized spacial score (nSPS) is 11.7. The quantitative estimate of drug-likeness (QED) is 0.785. The molecule has 1 heterocycles. The molecular weight excluding hydrogens is 356 g/mol. The van der Waals surface area contributed by atoms with Gasteiger partial charge < -0.3 is 10.6 Å². The van der Waals surface area contributed by atoms with Crippen LogP contribution in [0.25, 0.3) is 0 Å². The fourth-order valence-corrected chi connectivity index (χ4v) is 3.36. The summed E-state index contributed by atoms with van der Waals surface area (Å²) < 4.78 is 11.8. The monoisotopic (exact) mass is 370 g/mol. The summed E-state index contributed by atoms with van der Waals surface area (Å²) in [6, 6.07) is 10.4. The minimum Gasteiger partial charge on any atom is -0.350 e. The molecular formula is C15H15ClN2O3S2. The van der Waals surface area contributed by atoms with Gasteiger partial charge in [-0.05, 0) is 35.7 Å². The van der Waals surface area contributed by atoms with E-state index in [1.807, 2.05) is 17.5 Å². The zero-order valence-corrected chi connectivity index (χ0v) is 14.5. The van der Waals surface area contributed by atoms with Gasteiger partial charge in [0, 0.05) is 26.4 Å². The average Bonchev–Trinajstić information content (AvgIpc) is 3.00. The maximum Gasteiger partial charge on any atom is 0.237 e. The number of benzene rings is 1. The molecule has 1 atom stereocenters. The van der Waals surface area contributed by atoms with Gasteiger partial charge in [0.25, 0.3) is 0 Å². The third-order valence-electron chi connectivity index (χ3n) is 2.75. The number of hydrogen-bond donors (Lipinski definition) is 2. The van der Waals surface area contributed by atoms with Gasteiger partial charge in [0.1, 0.15) is 11.5 Å². The van der Waals surface area contributed by atoms with Crippen molar-refractivity contribution in [2.24, 2.45) is 0 Å². The van der Waals surface area contributed by atoms with E-state index in [0.717, 1.165) is 4.88 Å². The van der Waals surface area contributed by atoms with E-state index in [0.29, 0.717) is 17.3 Å². The highest BCUT2D eigenvalue weighted by Gasteiger charge is 2.12. The van der Waals surface area contributed by atoms with E-state index in [1.165, 1.54) is 11.3 Å². The smallest absolute Gasteiger partial charge is 0.237 e. The summed E-state index contributed by atoms with van der Waals surface area (Å²) in [5.74, 6) is -1.16. The Labute approximate surface area is 145 Å². The molecule has 23 heavy (non-hydrogen) atoms. The number of halogens is 1. The Kier molecular flexibility index (Phi) is 6.76. The molecule has 2 rings (SSSR count). The van der Waals surface area contributed by atoms with Crippen LogP contribution in [0.15, 0.2) is 41.8 Å². The lowest BCUT2D eigenvalue weighted by Crippen LogP contribution is -2.30. The zero-order valence-electron chi connectivity index (χ0n) is 12.1. The minimum atomic E-state index is -1.55. The third kappa shape index (κ3) is 6.52. The molecule has 2 amide bonds. The predicted octanol–water partition coefficient (Wildman–Crippen LogP) is 2.41. The second-order valence-electron chi connectivity index (χ2n) is 4.64. The number of carbonyl (C=O) groups is 2. The van der Waals surface area contributed by atoms with E-state index in [4.69, 9.17) is 11.6 Å². The first kappa shape index (κ1) is 17.7. The van der Waals surface area contributed by atoms with Gasteiger partial charge in [-0.25, -0.2) is 0 Å². The van der Waals surface area contributed by atoms with E-state index in [1.54, 1.807) is 24.3 Å². The van der Waals surface area contributed by atoms with Crippen molar-refractivity contribution in [2.75, 3.05) is 16.8 Å². The van der Waals surface area contributed by atoms with Crippen LogP contribution >= 0.6 is 22.9 Å². The first-order chi connectivity index (χ1) is 11.0. The Bertz CT molecular complexity index is 687. The summed E-state index contributed by atoms with van der Waals surface area (Å²) in [7, 11) is -1.55. The second-order valence-corrected chi connectivity index (χ2v) is 7.57. The molecule has 0 aliphatic rings. The number of thiophene rings is 1. The molecule has 8 heteroatoms. The van der Waals surface area contributed by atoms with Gasteiger partial charge in [0.05, 0.1) is 6.54 Å². The highest BCUT2D eigenvalue weighted by Crippen LogP contribution is 2.13. The van der Waals surface area contributed by atoms with Crippen LogP contribution in [-0.4, -0.2) is 27.5 Å². The molecule has 0 aliphatic heterocycles. The maximum atomic E-state index is 11.8. The van der Waals surface area contributed by atoms with Gasteiger partial charge >= 0.3 is 0 Å². The fourth-order valence-electron chi connectivity index (χ4n) is 1.72. The van der Waals surface area contributed by atoms with Crippen molar-refractivity contribution in [1.29, 1.82) is 0 Å². The molecule has 2 aromatic rings. The van der Waals surface area contributed by atoms with E-state index in [-0.39, 0.29) is 17.4 Å². The molecule has 5 nitrogen and oxygen atoms in total. The van der Waals surface area contributed by atoms with Crippen molar-refractivity contribution in [2.45, 2.75) is 6.54 Å². The van der Waals surface area contributed by atoms with Crippen molar-refractivity contribution in [3.8, 4) is 0 Å². The van der Waals surface area contributed by atoms with E-state index in [2.05, 4.69) is 10.6 Å². The maximum absolute atomic E-state index is 11.8. The number of rotatable bonds is 7. The van der Waals surface area contributed by atoms with Gasteiger partial charge in [-0.2, -0.15) is 0 Å². The Balaban J connectivity index is 1.71. The number of carbonyl (C=O) groups excluding carboxylic acids is 2. The first-order valence-corrected chi connectivity index (χ1v) is 9.47. The standard InChI is InChI=1S/C15H15ClN2O3S2/c16-11-3-5-12(6-4-11)18-15(20)10-23(21)9-14(19)17-8-13-2-1-7-22-13/h1-7H,8-10H2,(H,17,19)(H,18,20)/t23-/m0/s1. The number of amides is 2. The Morgan fingerprint density at radius 3 is 2.43 bits per heavy atom. The van der Waals surface area contributed by atoms with Crippen molar-refractivity contribution in [3.63, 3.8) is 0 Å². The molecule has 0 aliphatic carbocycles. The lowest BCUT2D eigenvalue weighted by Gasteiger charge is -2.06. The molecule has 0 unspecified atom stereocenters. The lowest BCUT2D eigenvalue weighted by atomic mass is 10.3. The summed E-state index contributed by atoms with van der Waals surface area (Å²) in [6.45, 7) is 0.407. The van der Waals surface area contributed by atoms with Crippen LogP contribution in [0, 0.1) is 0 Å². The molecule has 2 N–H and O–H groups in total. The fraction of sp³-hybridized carbons (Fsp3) is 0.200. The van der Waals surface area contributed by atoms with Crippen LogP contribution < -0.4 is 10.6 Å². The Morgan fingerprint density at radius 1 is 1.09 bits per heavy atom. The number of hydrogen-bond acceptors (Lipinski definition) is 4. The largest absolute Gasteiger partial charge is 0.350 e. The van der Waals surface area contributed by atoms with Crippen LogP contribution in [0.4, 0.5) is 5.69 Å². The van der Waals surface area contributed by atoms with Crippen molar-refractivity contribution < 1.29 is 13.8 Å². The van der Waals surface area contributed by atoms with Gasteiger partial charge in [0.15, 0.2) is 0 Å². The topological polar surface area (TPSA) is 75.3 Å². The Hall–Kier alpha value is -1.70. The SMILES string of the molecule is O=C(C[S@](=O)CC(=O)Nc1ccc(Cl)cc1)NCc1cccs1. The number of anilines is 1. The minimum absolute atomic E-state index is 0.195. The third-order valence-corrected chi connectivity index (χ3v) is 5.05. The molecule has 0 bridgehead atoms. The van der Waals surface area contributed by atoms with E-state index < -0.39 is 16.7 Å². The number of nitrogens with one attached hydrogen (secondary N) is 2. The second kappa shape index (κ2) is 8.81. The molecule has 122 valence electrons. The lowest BCUT2D eigenvalue weighted by molar-refractivity contribution is -0.118.